The lowest BCUT2D eigenvalue weighted by atomic mass is 10.1. The second kappa shape index (κ2) is 12.0. The summed E-state index contributed by atoms with van der Waals surface area (Å²) in [7, 11) is 0. The molecule has 2 N–H and O–H groups in total. The third kappa shape index (κ3) is 5.93. The van der Waals surface area contributed by atoms with Crippen molar-refractivity contribution in [1.29, 1.82) is 0 Å². The molecule has 5 heterocycles. The third-order valence-corrected chi connectivity index (χ3v) is 7.59. The number of hydrogen-bond donors (Lipinski definition) is 2. The molecule has 3 amide bonds. The molecule has 4 aromatic rings. The van der Waals surface area contributed by atoms with Crippen LogP contribution in [0, 0.1) is 6.92 Å². The van der Waals surface area contributed by atoms with E-state index in [2.05, 4.69) is 30.8 Å². The minimum absolute atomic E-state index is 0.104. The molecule has 1 aromatic carbocycles. The molecular weight excluding hydrogens is 536 g/mol. The number of nitrogens with zero attached hydrogens (tertiary/aromatic N) is 6. The van der Waals surface area contributed by atoms with Gasteiger partial charge in [0.2, 0.25) is 5.91 Å². The molecule has 3 aromatic heterocycles. The highest BCUT2D eigenvalue weighted by Crippen LogP contribution is 2.26. The molecule has 0 radical (unpaired) electrons. The van der Waals surface area contributed by atoms with Crippen molar-refractivity contribution in [2.24, 2.45) is 0 Å². The largest absolute Gasteiger partial charge is 0.447 e. The van der Waals surface area contributed by atoms with E-state index in [0.717, 1.165) is 42.7 Å². The maximum absolute atomic E-state index is 13.2. The molecule has 0 aliphatic carbocycles. The van der Waals surface area contributed by atoms with Gasteiger partial charge in [-0.3, -0.25) is 24.4 Å². The van der Waals surface area contributed by atoms with Crippen LogP contribution in [-0.4, -0.2) is 75.4 Å². The summed E-state index contributed by atoms with van der Waals surface area (Å²) in [6, 6.07) is 13.0. The molecule has 2 saturated heterocycles. The third-order valence-electron chi connectivity index (χ3n) is 7.59. The Bertz CT molecular complexity index is 1630. The summed E-state index contributed by atoms with van der Waals surface area (Å²) in [4.78, 5) is 45.8. The summed E-state index contributed by atoms with van der Waals surface area (Å²) in [6.45, 7) is 4.89. The lowest BCUT2D eigenvalue weighted by Crippen LogP contribution is -2.34. The fraction of sp³-hybridized carbons (Fsp3) is 0.333. The van der Waals surface area contributed by atoms with Crippen molar-refractivity contribution < 1.29 is 19.1 Å². The Morgan fingerprint density at radius 1 is 0.952 bits per heavy atom. The first-order valence-electron chi connectivity index (χ1n) is 14.1. The van der Waals surface area contributed by atoms with Gasteiger partial charge in [-0.05, 0) is 62.7 Å². The highest BCUT2D eigenvalue weighted by molar-refractivity contribution is 6.08. The van der Waals surface area contributed by atoms with Gasteiger partial charge in [0.15, 0.2) is 5.69 Å². The van der Waals surface area contributed by atoms with Gasteiger partial charge in [-0.25, -0.2) is 9.31 Å². The van der Waals surface area contributed by atoms with Crippen LogP contribution in [0.3, 0.4) is 0 Å². The van der Waals surface area contributed by atoms with Gasteiger partial charge in [-0.15, -0.1) is 5.10 Å². The monoisotopic (exact) mass is 568 g/mol. The Kier molecular flexibility index (Phi) is 7.78. The highest BCUT2D eigenvalue weighted by atomic mass is 16.6. The SMILES string of the molecule is Cc1ncc(NC(=O)CN2CCCCCC2)cc1NC(=O)c1nnn2cc(-c3ccc(N4CCOC4=O)cc3)ccc12. The van der Waals surface area contributed by atoms with Crippen LogP contribution in [0.15, 0.2) is 54.9 Å². The summed E-state index contributed by atoms with van der Waals surface area (Å²) in [6.07, 6.45) is 7.68. The number of amides is 3. The van der Waals surface area contributed by atoms with Crippen molar-refractivity contribution >= 4 is 40.5 Å². The van der Waals surface area contributed by atoms with E-state index in [-0.39, 0.29) is 17.7 Å². The maximum atomic E-state index is 13.2. The van der Waals surface area contributed by atoms with Gasteiger partial charge in [0, 0.05) is 17.4 Å². The number of hydrogen-bond acceptors (Lipinski definition) is 8. The zero-order valence-electron chi connectivity index (χ0n) is 23.4. The van der Waals surface area contributed by atoms with Gasteiger partial charge in [-0.1, -0.05) is 36.3 Å². The van der Waals surface area contributed by atoms with Crippen LogP contribution in [0.25, 0.3) is 16.6 Å². The van der Waals surface area contributed by atoms with Gasteiger partial charge in [-0.2, -0.15) is 0 Å². The summed E-state index contributed by atoms with van der Waals surface area (Å²) in [5.74, 6) is -0.536. The lowest BCUT2D eigenvalue weighted by Gasteiger charge is -2.19. The van der Waals surface area contributed by atoms with Crippen molar-refractivity contribution in [3.8, 4) is 11.1 Å². The molecule has 2 aliphatic rings. The summed E-state index contributed by atoms with van der Waals surface area (Å²) >= 11 is 0. The Balaban J connectivity index is 1.13. The Morgan fingerprint density at radius 2 is 1.71 bits per heavy atom. The Hall–Kier alpha value is -4.84. The minimum Gasteiger partial charge on any atom is -0.447 e. The summed E-state index contributed by atoms with van der Waals surface area (Å²) < 4.78 is 6.57. The number of aromatic nitrogens is 4. The molecule has 12 nitrogen and oxygen atoms in total. The standard InChI is InChI=1S/C30H32N8O4/c1-20-25(16-23(17-31-20)32-27(39)19-36-12-4-2-3-5-13-36)33-29(40)28-26-11-8-22(18-38(26)35-34-28)21-6-9-24(10-7-21)37-14-15-42-30(37)41/h6-11,16-18H,2-5,12-15,19H2,1H3,(H,32,39)(H,33,40). The predicted octanol–water partition coefficient (Wildman–Crippen LogP) is 4.12. The average molecular weight is 569 g/mol. The number of benzene rings is 1. The Labute approximate surface area is 242 Å². The number of anilines is 3. The van der Waals surface area contributed by atoms with E-state index in [0.29, 0.717) is 42.3 Å². The number of rotatable bonds is 7. The van der Waals surface area contributed by atoms with Gasteiger partial charge in [0.25, 0.3) is 5.91 Å². The second-order valence-electron chi connectivity index (χ2n) is 10.5. The van der Waals surface area contributed by atoms with E-state index >= 15 is 0 Å². The molecule has 2 aliphatic heterocycles. The van der Waals surface area contributed by atoms with Gasteiger partial charge in [0.05, 0.1) is 41.9 Å². The van der Waals surface area contributed by atoms with Crippen LogP contribution in [0.4, 0.5) is 21.9 Å². The second-order valence-corrected chi connectivity index (χ2v) is 10.5. The van der Waals surface area contributed by atoms with Crippen LogP contribution in [0.1, 0.15) is 41.9 Å². The first-order chi connectivity index (χ1) is 20.4. The maximum Gasteiger partial charge on any atom is 0.414 e. The van der Waals surface area contributed by atoms with Crippen molar-refractivity contribution in [2.45, 2.75) is 32.6 Å². The summed E-state index contributed by atoms with van der Waals surface area (Å²) in [5.41, 5.74) is 4.88. The Morgan fingerprint density at radius 3 is 2.45 bits per heavy atom. The van der Waals surface area contributed by atoms with Gasteiger partial charge in [0.1, 0.15) is 6.61 Å². The number of nitrogens with one attached hydrogen (secondary N) is 2. The first kappa shape index (κ1) is 27.3. The van der Waals surface area contributed by atoms with E-state index in [9.17, 15) is 14.4 Å². The molecule has 0 bridgehead atoms. The van der Waals surface area contributed by atoms with Crippen molar-refractivity contribution in [3.63, 3.8) is 0 Å². The molecule has 216 valence electrons. The zero-order valence-corrected chi connectivity index (χ0v) is 23.4. The quantitative estimate of drug-likeness (QED) is 0.340. The van der Waals surface area contributed by atoms with E-state index in [1.54, 1.807) is 40.9 Å². The zero-order chi connectivity index (χ0) is 29.1. The number of carbonyl (C=O) groups is 3. The first-order valence-corrected chi connectivity index (χ1v) is 14.1. The van der Waals surface area contributed by atoms with Crippen LogP contribution in [0.2, 0.25) is 0 Å². The topological polar surface area (TPSA) is 134 Å². The highest BCUT2D eigenvalue weighted by Gasteiger charge is 2.23. The molecule has 0 unspecified atom stereocenters. The molecule has 12 heteroatoms. The number of pyridine rings is 2. The predicted molar refractivity (Wildman–Crippen MR) is 158 cm³/mol. The van der Waals surface area contributed by atoms with Crippen molar-refractivity contribution in [2.75, 3.05) is 48.3 Å². The minimum atomic E-state index is -0.433. The van der Waals surface area contributed by atoms with Crippen molar-refractivity contribution in [1.82, 2.24) is 24.7 Å². The number of aryl methyl sites for hydroxylation is 1. The summed E-state index contributed by atoms with van der Waals surface area (Å²) in [5, 5.41) is 14.1. The van der Waals surface area contributed by atoms with Crippen LogP contribution >= 0.6 is 0 Å². The normalized spacial score (nSPS) is 15.8. The number of cyclic esters (lactones) is 1. The van der Waals surface area contributed by atoms with Crippen LogP contribution in [0.5, 0.6) is 0 Å². The van der Waals surface area contributed by atoms with E-state index in [1.807, 2.05) is 30.3 Å². The number of carbonyl (C=O) groups excluding carboxylic acids is 3. The fourth-order valence-electron chi connectivity index (χ4n) is 5.30. The molecule has 42 heavy (non-hydrogen) atoms. The van der Waals surface area contributed by atoms with E-state index < -0.39 is 5.91 Å². The lowest BCUT2D eigenvalue weighted by molar-refractivity contribution is -0.117. The fourth-order valence-corrected chi connectivity index (χ4v) is 5.30. The smallest absolute Gasteiger partial charge is 0.414 e. The molecular formula is C30H32N8O4. The molecule has 6 rings (SSSR count). The van der Waals surface area contributed by atoms with Crippen LogP contribution < -0.4 is 15.5 Å². The van der Waals surface area contributed by atoms with Crippen molar-refractivity contribution in [3.05, 3.63) is 66.2 Å². The number of fused-ring (bicyclic) bond motifs is 1. The number of ether oxygens (including phenoxy) is 1. The average Bonchev–Trinajstić information content (AvgIpc) is 3.53. The van der Waals surface area contributed by atoms with Gasteiger partial charge < -0.3 is 15.4 Å². The van der Waals surface area contributed by atoms with E-state index in [1.165, 1.54) is 12.8 Å². The molecule has 2 fully saturated rings. The van der Waals surface area contributed by atoms with Gasteiger partial charge >= 0.3 is 6.09 Å². The van der Waals surface area contributed by atoms with Crippen LogP contribution in [-0.2, 0) is 9.53 Å². The molecule has 0 atom stereocenters. The van der Waals surface area contributed by atoms with E-state index in [4.69, 9.17) is 4.74 Å². The molecule has 0 spiro atoms. The molecule has 0 saturated carbocycles. The number of likely N-dealkylation sites (tertiary alicyclic amines) is 1.